The van der Waals surface area contributed by atoms with Gasteiger partial charge in [-0.15, -0.1) is 0 Å². The Morgan fingerprint density at radius 3 is 2.19 bits per heavy atom. The van der Waals surface area contributed by atoms with Crippen LogP contribution in [-0.4, -0.2) is 12.5 Å². The Labute approximate surface area is 166 Å². The number of rotatable bonds is 11. The van der Waals surface area contributed by atoms with Crippen LogP contribution in [0.5, 0.6) is 0 Å². The van der Waals surface area contributed by atoms with E-state index in [0.29, 0.717) is 0 Å². The van der Waals surface area contributed by atoms with Gasteiger partial charge < -0.3 is 4.90 Å². The molecule has 0 aliphatic carbocycles. The van der Waals surface area contributed by atoms with Gasteiger partial charge in [0.15, 0.2) is 0 Å². The van der Waals surface area contributed by atoms with Crippen LogP contribution in [0.3, 0.4) is 0 Å². The van der Waals surface area contributed by atoms with Gasteiger partial charge in [-0.25, -0.2) is 0 Å². The van der Waals surface area contributed by atoms with Crippen LogP contribution in [0.15, 0.2) is 34.8 Å². The summed E-state index contributed by atoms with van der Waals surface area (Å²) in [6, 6.07) is 10.2. The molecule has 1 heterocycles. The van der Waals surface area contributed by atoms with Gasteiger partial charge in [0.25, 0.3) is 5.91 Å². The summed E-state index contributed by atoms with van der Waals surface area (Å²) in [6.45, 7) is 3.10. The standard InChI is InChI=1S/C23H30BrNO/c1-2-3-4-5-6-7-8-9-10-11-17-25-21-16-15-20(24)18-13-12-14-19(22(18)21)23(25)26/h12-16H,2-11,17H2,1H3. The van der Waals surface area contributed by atoms with E-state index in [-0.39, 0.29) is 5.91 Å². The third-order valence-corrected chi connectivity index (χ3v) is 6.16. The van der Waals surface area contributed by atoms with Crippen molar-refractivity contribution in [3.05, 3.63) is 40.4 Å². The first-order valence-corrected chi connectivity index (χ1v) is 11.1. The number of hydrogen-bond acceptors (Lipinski definition) is 1. The molecule has 140 valence electrons. The average Bonchev–Trinajstić information content (AvgIpc) is 2.93. The fraction of sp³-hybridized carbons (Fsp3) is 0.522. The predicted octanol–water partition coefficient (Wildman–Crippen LogP) is 7.48. The maximum Gasteiger partial charge on any atom is 0.258 e. The Kier molecular flexibility index (Phi) is 7.13. The molecule has 0 fully saturated rings. The van der Waals surface area contributed by atoms with Crippen LogP contribution >= 0.6 is 15.9 Å². The molecule has 0 radical (unpaired) electrons. The summed E-state index contributed by atoms with van der Waals surface area (Å²) < 4.78 is 1.06. The fourth-order valence-corrected chi connectivity index (χ4v) is 4.45. The lowest BCUT2D eigenvalue weighted by Crippen LogP contribution is -2.27. The van der Waals surface area contributed by atoms with Crippen molar-refractivity contribution in [2.45, 2.75) is 71.1 Å². The molecular weight excluding hydrogens is 386 g/mol. The zero-order valence-electron chi connectivity index (χ0n) is 15.9. The van der Waals surface area contributed by atoms with Crippen LogP contribution in [0.1, 0.15) is 81.5 Å². The number of halogens is 1. The van der Waals surface area contributed by atoms with Gasteiger partial charge in [0.05, 0.1) is 5.69 Å². The summed E-state index contributed by atoms with van der Waals surface area (Å²) in [5.41, 5.74) is 1.94. The number of hydrogen-bond donors (Lipinski definition) is 0. The summed E-state index contributed by atoms with van der Waals surface area (Å²) in [6.07, 6.45) is 13.2. The predicted molar refractivity (Wildman–Crippen MR) is 115 cm³/mol. The summed E-state index contributed by atoms with van der Waals surface area (Å²) in [7, 11) is 0. The van der Waals surface area contributed by atoms with Gasteiger partial charge in [0.2, 0.25) is 0 Å². The molecule has 1 amide bonds. The molecule has 3 heteroatoms. The fourth-order valence-electron chi connectivity index (χ4n) is 3.99. The van der Waals surface area contributed by atoms with Crippen molar-refractivity contribution in [1.29, 1.82) is 0 Å². The number of nitrogens with zero attached hydrogens (tertiary/aromatic N) is 1. The maximum absolute atomic E-state index is 12.8. The lowest BCUT2D eigenvalue weighted by atomic mass is 10.1. The molecule has 0 atom stereocenters. The van der Waals surface area contributed by atoms with Gasteiger partial charge in [0.1, 0.15) is 0 Å². The molecule has 0 saturated carbocycles. The summed E-state index contributed by atoms with van der Waals surface area (Å²) in [5, 5.41) is 2.25. The van der Waals surface area contributed by atoms with Crippen molar-refractivity contribution in [2.75, 3.05) is 11.4 Å². The normalized spacial score (nSPS) is 13.2. The van der Waals surface area contributed by atoms with E-state index in [9.17, 15) is 4.79 Å². The third kappa shape index (κ3) is 4.31. The van der Waals surface area contributed by atoms with Crippen LogP contribution < -0.4 is 4.90 Å². The van der Waals surface area contributed by atoms with Crippen LogP contribution in [0.4, 0.5) is 5.69 Å². The van der Waals surface area contributed by atoms with Crippen molar-refractivity contribution in [2.24, 2.45) is 0 Å². The first kappa shape index (κ1) is 19.4. The molecule has 0 aromatic heterocycles. The van der Waals surface area contributed by atoms with Crippen molar-refractivity contribution in [1.82, 2.24) is 0 Å². The summed E-state index contributed by atoms with van der Waals surface area (Å²) >= 11 is 3.61. The van der Waals surface area contributed by atoms with E-state index in [1.807, 2.05) is 17.0 Å². The molecule has 2 nitrogen and oxygen atoms in total. The van der Waals surface area contributed by atoms with E-state index in [0.717, 1.165) is 39.5 Å². The van der Waals surface area contributed by atoms with Crippen LogP contribution in [0.2, 0.25) is 0 Å². The zero-order chi connectivity index (χ0) is 18.4. The minimum atomic E-state index is 0.166. The minimum Gasteiger partial charge on any atom is -0.308 e. The molecule has 1 aliphatic heterocycles. The van der Waals surface area contributed by atoms with Gasteiger partial charge in [-0.05, 0) is 30.0 Å². The number of unbranched alkanes of at least 4 members (excludes halogenated alkanes) is 9. The van der Waals surface area contributed by atoms with Gasteiger partial charge >= 0.3 is 0 Å². The number of carbonyl (C=O) groups excluding carboxylic acids is 1. The molecule has 26 heavy (non-hydrogen) atoms. The van der Waals surface area contributed by atoms with E-state index in [4.69, 9.17) is 0 Å². The zero-order valence-corrected chi connectivity index (χ0v) is 17.5. The van der Waals surface area contributed by atoms with Gasteiger partial charge in [-0.3, -0.25) is 4.79 Å². The first-order valence-electron chi connectivity index (χ1n) is 10.3. The second-order valence-corrected chi connectivity index (χ2v) is 8.29. The van der Waals surface area contributed by atoms with Crippen molar-refractivity contribution >= 4 is 38.3 Å². The molecule has 0 spiro atoms. The molecule has 1 aliphatic rings. The average molecular weight is 416 g/mol. The highest BCUT2D eigenvalue weighted by Crippen LogP contribution is 2.40. The highest BCUT2D eigenvalue weighted by molar-refractivity contribution is 9.10. The third-order valence-electron chi connectivity index (χ3n) is 5.47. The lowest BCUT2D eigenvalue weighted by molar-refractivity contribution is 0.0992. The Morgan fingerprint density at radius 2 is 1.50 bits per heavy atom. The van der Waals surface area contributed by atoms with E-state index >= 15 is 0 Å². The number of carbonyl (C=O) groups is 1. The molecule has 0 saturated heterocycles. The maximum atomic E-state index is 12.8. The van der Waals surface area contributed by atoms with Crippen molar-refractivity contribution in [3.63, 3.8) is 0 Å². The first-order chi connectivity index (χ1) is 12.7. The van der Waals surface area contributed by atoms with Crippen molar-refractivity contribution < 1.29 is 4.79 Å². The second kappa shape index (κ2) is 9.55. The Morgan fingerprint density at radius 1 is 0.846 bits per heavy atom. The molecule has 2 aromatic rings. The van der Waals surface area contributed by atoms with Gasteiger partial charge in [0, 0.05) is 22.0 Å². The second-order valence-electron chi connectivity index (χ2n) is 7.43. The van der Waals surface area contributed by atoms with Crippen LogP contribution in [0.25, 0.3) is 10.8 Å². The van der Waals surface area contributed by atoms with Crippen molar-refractivity contribution in [3.8, 4) is 0 Å². The van der Waals surface area contributed by atoms with E-state index in [1.54, 1.807) is 0 Å². The Balaban J connectivity index is 1.45. The van der Waals surface area contributed by atoms with Gasteiger partial charge in [-0.1, -0.05) is 92.8 Å². The molecule has 0 unspecified atom stereocenters. The summed E-state index contributed by atoms with van der Waals surface area (Å²) in [4.78, 5) is 14.8. The van der Waals surface area contributed by atoms with E-state index in [1.165, 1.54) is 57.8 Å². The Hall–Kier alpha value is -1.35. The van der Waals surface area contributed by atoms with E-state index in [2.05, 4.69) is 41.1 Å². The minimum absolute atomic E-state index is 0.166. The Bertz CT molecular complexity index is 755. The number of benzene rings is 2. The highest BCUT2D eigenvalue weighted by Gasteiger charge is 2.29. The van der Waals surface area contributed by atoms with E-state index < -0.39 is 0 Å². The van der Waals surface area contributed by atoms with Gasteiger partial charge in [-0.2, -0.15) is 0 Å². The number of amides is 1. The van der Waals surface area contributed by atoms with Crippen LogP contribution in [0, 0.1) is 0 Å². The largest absolute Gasteiger partial charge is 0.308 e. The number of anilines is 1. The lowest BCUT2D eigenvalue weighted by Gasteiger charge is -2.17. The SMILES string of the molecule is CCCCCCCCCCCCN1C(=O)c2cccc3c(Br)ccc1c23. The smallest absolute Gasteiger partial charge is 0.258 e. The quantitative estimate of drug-likeness (QED) is 0.348. The molecule has 0 bridgehead atoms. The van der Waals surface area contributed by atoms with Crippen LogP contribution in [-0.2, 0) is 0 Å². The molecule has 0 N–H and O–H groups in total. The topological polar surface area (TPSA) is 20.3 Å². The molecule has 3 rings (SSSR count). The monoisotopic (exact) mass is 415 g/mol. The summed E-state index contributed by atoms with van der Waals surface area (Å²) in [5.74, 6) is 0.166. The highest BCUT2D eigenvalue weighted by atomic mass is 79.9. The molecule has 2 aromatic carbocycles. The molecular formula is C23H30BrNO.